The van der Waals surface area contributed by atoms with E-state index in [0.29, 0.717) is 18.2 Å². The number of hydrogen-bond acceptors (Lipinski definition) is 2. The summed E-state index contributed by atoms with van der Waals surface area (Å²) in [5.74, 6) is 1.12. The first-order chi connectivity index (χ1) is 12.8. The van der Waals surface area contributed by atoms with E-state index in [1.165, 1.54) is 11.1 Å². The summed E-state index contributed by atoms with van der Waals surface area (Å²) >= 11 is 6.17. The molecule has 0 heterocycles. The maximum atomic E-state index is 12.3. The van der Waals surface area contributed by atoms with Gasteiger partial charge in [-0.15, -0.1) is 0 Å². The number of nitrogens with one attached hydrogen (secondary N) is 1. The molecule has 0 aliphatic heterocycles. The minimum absolute atomic E-state index is 0.101. The maximum absolute atomic E-state index is 12.3. The van der Waals surface area contributed by atoms with Crippen molar-refractivity contribution < 1.29 is 9.53 Å². The molecule has 1 amide bonds. The molecule has 0 fully saturated rings. The van der Waals surface area contributed by atoms with Crippen molar-refractivity contribution in [3.05, 3.63) is 63.7 Å². The number of hydrogen-bond donors (Lipinski definition) is 1. The van der Waals surface area contributed by atoms with Gasteiger partial charge < -0.3 is 10.1 Å². The van der Waals surface area contributed by atoms with E-state index < -0.39 is 6.10 Å². The zero-order valence-corrected chi connectivity index (χ0v) is 17.7. The third kappa shape index (κ3) is 6.28. The van der Waals surface area contributed by atoms with Gasteiger partial charge in [-0.1, -0.05) is 49.7 Å². The quantitative estimate of drug-likeness (QED) is 0.599. The second kappa shape index (κ2) is 9.80. The SMILES string of the molecule is Cc1cc(O[C@H](C)C(=O)NCCCc2ccc(C(C)C)cc2)cc(C)c1Cl. The van der Waals surface area contributed by atoms with E-state index in [2.05, 4.69) is 43.4 Å². The van der Waals surface area contributed by atoms with E-state index in [-0.39, 0.29) is 5.91 Å². The molecule has 4 heteroatoms. The number of rotatable bonds is 8. The Hall–Kier alpha value is -2.00. The molecule has 0 saturated heterocycles. The standard InChI is InChI=1S/C23H30ClNO2/c1-15(2)20-10-8-19(9-11-20)7-6-12-25-23(26)18(5)27-21-13-16(3)22(24)17(4)14-21/h8-11,13-15,18H,6-7,12H2,1-5H3,(H,25,26)/t18-/m1/s1. The van der Waals surface area contributed by atoms with Crippen LogP contribution >= 0.6 is 11.6 Å². The Labute approximate surface area is 168 Å². The largest absolute Gasteiger partial charge is 0.481 e. The van der Waals surface area contributed by atoms with E-state index in [1.807, 2.05) is 26.0 Å². The Morgan fingerprint density at radius 1 is 1.07 bits per heavy atom. The first-order valence-corrected chi connectivity index (χ1v) is 9.95. The molecule has 0 aliphatic rings. The predicted molar refractivity (Wildman–Crippen MR) is 113 cm³/mol. The molecule has 27 heavy (non-hydrogen) atoms. The van der Waals surface area contributed by atoms with Gasteiger partial charge in [0.2, 0.25) is 0 Å². The van der Waals surface area contributed by atoms with Crippen LogP contribution in [-0.4, -0.2) is 18.6 Å². The van der Waals surface area contributed by atoms with Gasteiger partial charge in [0.05, 0.1) is 0 Å². The van der Waals surface area contributed by atoms with Crippen molar-refractivity contribution >= 4 is 17.5 Å². The van der Waals surface area contributed by atoms with Crippen LogP contribution in [-0.2, 0) is 11.2 Å². The molecule has 1 N–H and O–H groups in total. The lowest BCUT2D eigenvalue weighted by Gasteiger charge is -2.16. The molecule has 0 bridgehead atoms. The second-order valence-corrected chi connectivity index (χ2v) is 7.80. The van der Waals surface area contributed by atoms with Gasteiger partial charge in [-0.05, 0) is 73.9 Å². The van der Waals surface area contributed by atoms with Gasteiger partial charge >= 0.3 is 0 Å². The van der Waals surface area contributed by atoms with Crippen molar-refractivity contribution in [2.75, 3.05) is 6.54 Å². The van der Waals surface area contributed by atoms with Crippen LogP contribution in [0, 0.1) is 13.8 Å². The fourth-order valence-electron chi connectivity index (χ4n) is 2.95. The highest BCUT2D eigenvalue weighted by atomic mass is 35.5. The summed E-state index contributed by atoms with van der Waals surface area (Å²) in [5.41, 5.74) is 4.54. The van der Waals surface area contributed by atoms with Crippen LogP contribution in [0.25, 0.3) is 0 Å². The van der Waals surface area contributed by atoms with Crippen LogP contribution in [0.15, 0.2) is 36.4 Å². The van der Waals surface area contributed by atoms with Gasteiger partial charge in [0.15, 0.2) is 6.10 Å². The van der Waals surface area contributed by atoms with Crippen LogP contribution in [0.5, 0.6) is 5.75 Å². The average molecular weight is 388 g/mol. The zero-order chi connectivity index (χ0) is 20.0. The number of aryl methyl sites for hydroxylation is 3. The fraction of sp³-hybridized carbons (Fsp3) is 0.435. The number of halogens is 1. The summed E-state index contributed by atoms with van der Waals surface area (Å²) in [6.45, 7) is 10.7. The van der Waals surface area contributed by atoms with E-state index >= 15 is 0 Å². The Balaban J connectivity index is 1.76. The lowest BCUT2D eigenvalue weighted by Crippen LogP contribution is -2.37. The van der Waals surface area contributed by atoms with Crippen molar-refractivity contribution in [3.8, 4) is 5.75 Å². The highest BCUT2D eigenvalue weighted by molar-refractivity contribution is 6.32. The van der Waals surface area contributed by atoms with Crippen molar-refractivity contribution in [2.45, 2.75) is 59.5 Å². The van der Waals surface area contributed by atoms with Gasteiger partial charge in [0.1, 0.15) is 5.75 Å². The van der Waals surface area contributed by atoms with E-state index in [9.17, 15) is 4.79 Å². The van der Waals surface area contributed by atoms with E-state index in [0.717, 1.165) is 29.0 Å². The zero-order valence-electron chi connectivity index (χ0n) is 16.9. The van der Waals surface area contributed by atoms with Crippen LogP contribution in [0.4, 0.5) is 0 Å². The predicted octanol–water partition coefficient (Wildman–Crippen LogP) is 5.60. The minimum atomic E-state index is -0.546. The maximum Gasteiger partial charge on any atom is 0.260 e. The Morgan fingerprint density at radius 3 is 2.22 bits per heavy atom. The number of ether oxygens (including phenoxy) is 1. The summed E-state index contributed by atoms with van der Waals surface area (Å²) in [7, 11) is 0. The number of carbonyl (C=O) groups is 1. The molecule has 2 aromatic rings. The van der Waals surface area contributed by atoms with E-state index in [1.54, 1.807) is 6.92 Å². The number of amides is 1. The topological polar surface area (TPSA) is 38.3 Å². The van der Waals surface area contributed by atoms with Crippen LogP contribution < -0.4 is 10.1 Å². The van der Waals surface area contributed by atoms with Crippen molar-refractivity contribution in [1.29, 1.82) is 0 Å². The van der Waals surface area contributed by atoms with Crippen LogP contribution in [0.2, 0.25) is 5.02 Å². The third-order valence-corrected chi connectivity index (χ3v) is 5.28. The average Bonchev–Trinajstić information content (AvgIpc) is 2.63. The molecule has 0 aromatic heterocycles. The summed E-state index contributed by atoms with van der Waals surface area (Å²) in [6.07, 6.45) is 1.30. The summed E-state index contributed by atoms with van der Waals surface area (Å²) in [4.78, 5) is 12.3. The third-order valence-electron chi connectivity index (χ3n) is 4.68. The second-order valence-electron chi connectivity index (χ2n) is 7.42. The van der Waals surface area contributed by atoms with Crippen molar-refractivity contribution in [2.24, 2.45) is 0 Å². The molecule has 146 valence electrons. The van der Waals surface area contributed by atoms with Gasteiger partial charge in [-0.2, -0.15) is 0 Å². The monoisotopic (exact) mass is 387 g/mol. The molecule has 0 saturated carbocycles. The Bertz CT molecular complexity index is 745. The molecular formula is C23H30ClNO2. The lowest BCUT2D eigenvalue weighted by atomic mass is 10.0. The van der Waals surface area contributed by atoms with Gasteiger partial charge in [0, 0.05) is 11.6 Å². The Morgan fingerprint density at radius 2 is 1.67 bits per heavy atom. The molecule has 0 aliphatic carbocycles. The normalized spacial score (nSPS) is 12.1. The Kier molecular flexibility index (Phi) is 7.73. The molecule has 0 radical (unpaired) electrons. The number of benzene rings is 2. The molecule has 1 atom stereocenters. The van der Waals surface area contributed by atoms with E-state index in [4.69, 9.17) is 16.3 Å². The summed E-state index contributed by atoms with van der Waals surface area (Å²) in [5, 5.41) is 3.69. The molecular weight excluding hydrogens is 358 g/mol. The van der Waals surface area contributed by atoms with Gasteiger partial charge in [0.25, 0.3) is 5.91 Å². The summed E-state index contributed by atoms with van der Waals surface area (Å²) < 4.78 is 5.77. The fourth-order valence-corrected chi connectivity index (χ4v) is 3.06. The molecule has 2 aromatic carbocycles. The first kappa shape index (κ1) is 21.3. The highest BCUT2D eigenvalue weighted by Gasteiger charge is 2.15. The van der Waals surface area contributed by atoms with Gasteiger partial charge in [-0.3, -0.25) is 4.79 Å². The smallest absolute Gasteiger partial charge is 0.260 e. The molecule has 0 unspecified atom stereocenters. The molecule has 0 spiro atoms. The van der Waals surface area contributed by atoms with Crippen LogP contribution in [0.1, 0.15) is 55.4 Å². The first-order valence-electron chi connectivity index (χ1n) is 9.58. The summed E-state index contributed by atoms with van der Waals surface area (Å²) in [6, 6.07) is 12.4. The molecule has 3 nitrogen and oxygen atoms in total. The van der Waals surface area contributed by atoms with Crippen LogP contribution in [0.3, 0.4) is 0 Å². The number of carbonyl (C=O) groups excluding carboxylic acids is 1. The van der Waals surface area contributed by atoms with Gasteiger partial charge in [-0.25, -0.2) is 0 Å². The van der Waals surface area contributed by atoms with Crippen molar-refractivity contribution in [1.82, 2.24) is 5.32 Å². The minimum Gasteiger partial charge on any atom is -0.481 e. The van der Waals surface area contributed by atoms with Crippen molar-refractivity contribution in [3.63, 3.8) is 0 Å². The lowest BCUT2D eigenvalue weighted by molar-refractivity contribution is -0.127. The highest BCUT2D eigenvalue weighted by Crippen LogP contribution is 2.26. The molecule has 2 rings (SSSR count).